The third-order valence-corrected chi connectivity index (χ3v) is 2.46. The molecule has 0 radical (unpaired) electrons. The lowest BCUT2D eigenvalue weighted by Crippen LogP contribution is -2.17. The van der Waals surface area contributed by atoms with Crippen LogP contribution in [0.4, 0.5) is 0 Å². The van der Waals surface area contributed by atoms with Crippen LogP contribution < -0.4 is 10.4 Å². The van der Waals surface area contributed by atoms with E-state index in [2.05, 4.69) is 45.0 Å². The molecule has 0 unspecified atom stereocenters. The van der Waals surface area contributed by atoms with Gasteiger partial charge in [-0.3, -0.25) is 0 Å². The van der Waals surface area contributed by atoms with E-state index < -0.39 is 0 Å². The SMILES string of the molecule is C[O+]=NC=c1c(C)cc(=C(C)C)cc1C. The maximum atomic E-state index is 4.70. The molecule has 2 heteroatoms. The van der Waals surface area contributed by atoms with Gasteiger partial charge in [-0.05, 0) is 44.0 Å². The van der Waals surface area contributed by atoms with Gasteiger partial charge in [-0.25, -0.2) is 0 Å². The van der Waals surface area contributed by atoms with Crippen LogP contribution >= 0.6 is 0 Å². The second-order valence-electron chi connectivity index (χ2n) is 3.94. The highest BCUT2D eigenvalue weighted by Crippen LogP contribution is 1.94. The first kappa shape index (κ1) is 11.6. The Morgan fingerprint density at radius 2 is 1.73 bits per heavy atom. The van der Waals surface area contributed by atoms with Crippen molar-refractivity contribution in [2.45, 2.75) is 27.7 Å². The minimum absolute atomic E-state index is 1.14. The summed E-state index contributed by atoms with van der Waals surface area (Å²) >= 11 is 0. The van der Waals surface area contributed by atoms with Gasteiger partial charge >= 0.3 is 0 Å². The van der Waals surface area contributed by atoms with Gasteiger partial charge in [0.25, 0.3) is 7.11 Å². The van der Waals surface area contributed by atoms with Crippen LogP contribution in [0.3, 0.4) is 0 Å². The van der Waals surface area contributed by atoms with Gasteiger partial charge in [-0.15, -0.1) is 4.54 Å². The number of nitrogens with zero attached hydrogens (tertiary/aromatic N) is 1. The van der Waals surface area contributed by atoms with Gasteiger partial charge < -0.3 is 0 Å². The van der Waals surface area contributed by atoms with E-state index in [9.17, 15) is 0 Å². The Morgan fingerprint density at radius 3 is 2.13 bits per heavy atom. The first-order valence-electron chi connectivity index (χ1n) is 5.04. The molecule has 0 aliphatic rings. The molecule has 1 aromatic carbocycles. The number of nitroso groups, excluding NO2 is 1. The molecule has 0 bridgehead atoms. The summed E-state index contributed by atoms with van der Waals surface area (Å²) in [5.41, 5.74) is 3.79. The molecule has 0 amide bonds. The lowest BCUT2D eigenvalue weighted by Gasteiger charge is -2.00. The normalized spacial score (nSPS) is 10.7. The highest BCUT2D eigenvalue weighted by molar-refractivity contribution is 5.43. The lowest BCUT2D eigenvalue weighted by atomic mass is 10.1. The molecule has 0 spiro atoms. The van der Waals surface area contributed by atoms with E-state index in [0.717, 1.165) is 5.22 Å². The number of rotatable bonds is 1. The van der Waals surface area contributed by atoms with Crippen molar-refractivity contribution in [3.05, 3.63) is 38.2 Å². The predicted molar refractivity (Wildman–Crippen MR) is 66.1 cm³/mol. The van der Waals surface area contributed by atoms with Gasteiger partial charge in [0.05, 0.1) is 0 Å². The second kappa shape index (κ2) is 4.87. The van der Waals surface area contributed by atoms with E-state index in [-0.39, 0.29) is 0 Å². The van der Waals surface area contributed by atoms with E-state index in [1.807, 2.05) is 0 Å². The smallest absolute Gasteiger partial charge is 0.121 e. The summed E-state index contributed by atoms with van der Waals surface area (Å²) in [5, 5.41) is 6.24. The highest BCUT2D eigenvalue weighted by Gasteiger charge is 1.96. The molecule has 2 nitrogen and oxygen atoms in total. The third kappa shape index (κ3) is 2.75. The number of hydrogen-bond donors (Lipinski definition) is 0. The van der Waals surface area contributed by atoms with Gasteiger partial charge in [0, 0.05) is 5.22 Å². The highest BCUT2D eigenvalue weighted by atomic mass is 16.5. The summed E-state index contributed by atoms with van der Waals surface area (Å²) < 4.78 is 4.70. The summed E-state index contributed by atoms with van der Waals surface area (Å²) in [7, 11) is 1.56. The molecule has 0 fully saturated rings. The van der Waals surface area contributed by atoms with Crippen LogP contribution in [0.25, 0.3) is 11.8 Å². The van der Waals surface area contributed by atoms with Crippen LogP contribution in [0, 0.1) is 18.4 Å². The summed E-state index contributed by atoms with van der Waals surface area (Å²) in [6, 6.07) is 4.36. The van der Waals surface area contributed by atoms with Crippen molar-refractivity contribution in [1.29, 1.82) is 0 Å². The van der Waals surface area contributed by atoms with Crippen molar-refractivity contribution in [3.63, 3.8) is 0 Å². The average molecular weight is 204 g/mol. The van der Waals surface area contributed by atoms with Crippen molar-refractivity contribution < 1.29 is 0 Å². The lowest BCUT2D eigenvalue weighted by molar-refractivity contribution is 1.27. The zero-order chi connectivity index (χ0) is 11.4. The molecule has 0 aromatic heterocycles. The van der Waals surface area contributed by atoms with Crippen molar-refractivity contribution in [1.82, 2.24) is 0 Å². The molecule has 0 aliphatic heterocycles. The van der Waals surface area contributed by atoms with Crippen LogP contribution in [0.5, 0.6) is 0 Å². The molecule has 0 atom stereocenters. The molecule has 0 heterocycles. The van der Waals surface area contributed by atoms with Crippen LogP contribution in [0.2, 0.25) is 0 Å². The Morgan fingerprint density at radius 1 is 1.20 bits per heavy atom. The molecule has 0 saturated heterocycles. The minimum atomic E-state index is 1.14. The molecule has 0 aliphatic carbocycles. The first-order chi connectivity index (χ1) is 7.06. The molecule has 0 N–H and O–H groups in total. The topological polar surface area (TPSA) is 23.7 Å². The fourth-order valence-corrected chi connectivity index (χ4v) is 1.57. The zero-order valence-electron chi connectivity index (χ0n) is 10.1. The van der Waals surface area contributed by atoms with Crippen LogP contribution in [-0.2, 0) is 0 Å². The Hall–Kier alpha value is -1.44. The summed E-state index contributed by atoms with van der Waals surface area (Å²) in [4.78, 5) is 0. The molecule has 80 valence electrons. The van der Waals surface area contributed by atoms with Crippen molar-refractivity contribution in [2.24, 2.45) is 5.18 Å². The summed E-state index contributed by atoms with van der Waals surface area (Å²) in [5.74, 6) is 0. The molecule has 0 saturated carbocycles. The third-order valence-electron chi connectivity index (χ3n) is 2.46. The maximum Gasteiger partial charge on any atom is 0.297 e. The van der Waals surface area contributed by atoms with Crippen LogP contribution in [0.1, 0.15) is 25.0 Å². The van der Waals surface area contributed by atoms with Crippen molar-refractivity contribution in [2.75, 3.05) is 7.11 Å². The van der Waals surface area contributed by atoms with E-state index in [1.54, 1.807) is 13.3 Å². The summed E-state index contributed by atoms with van der Waals surface area (Å²) in [6.45, 7) is 8.43. The van der Waals surface area contributed by atoms with E-state index in [4.69, 9.17) is 4.54 Å². The van der Waals surface area contributed by atoms with Gasteiger partial charge in [0.1, 0.15) is 11.4 Å². The fraction of sp³-hybridized carbons (Fsp3) is 0.385. The van der Waals surface area contributed by atoms with Crippen LogP contribution in [0.15, 0.2) is 17.3 Å². The van der Waals surface area contributed by atoms with Gasteiger partial charge in [0.15, 0.2) is 0 Å². The molecular weight excluding hydrogens is 186 g/mol. The van der Waals surface area contributed by atoms with E-state index in [1.165, 1.54) is 21.9 Å². The molecular formula is C13H18NO+. The quantitative estimate of drug-likeness (QED) is 0.626. The molecule has 15 heavy (non-hydrogen) atoms. The standard InChI is InChI=1S/C13H18NO/c1-9(2)12-6-10(3)13(8-14-15-5)11(4)7-12/h6-8H,1-5H3/q+1. The first-order valence-corrected chi connectivity index (χ1v) is 5.04. The fourth-order valence-electron chi connectivity index (χ4n) is 1.57. The van der Waals surface area contributed by atoms with Gasteiger partial charge in [-0.1, -0.05) is 17.7 Å². The van der Waals surface area contributed by atoms with Crippen molar-refractivity contribution in [3.8, 4) is 0 Å². The van der Waals surface area contributed by atoms with Gasteiger partial charge in [-0.2, -0.15) is 0 Å². The molecule has 1 aromatic rings. The summed E-state index contributed by atoms with van der Waals surface area (Å²) in [6.07, 6.45) is 1.76. The zero-order valence-corrected chi connectivity index (χ0v) is 10.1. The maximum absolute atomic E-state index is 4.70. The Balaban J connectivity index is 3.55. The number of aryl methyl sites for hydroxylation is 2. The molecule has 1 rings (SSSR count). The van der Waals surface area contributed by atoms with Crippen LogP contribution in [-0.4, -0.2) is 7.11 Å². The van der Waals surface area contributed by atoms with Gasteiger partial charge in [0.2, 0.25) is 0 Å². The Bertz CT molecular complexity index is 465. The monoisotopic (exact) mass is 204 g/mol. The van der Waals surface area contributed by atoms with E-state index in [0.29, 0.717) is 0 Å². The Kier molecular flexibility index (Phi) is 3.78. The predicted octanol–water partition coefficient (Wildman–Crippen LogP) is 2.16. The number of hydrogen-bond acceptors (Lipinski definition) is 1. The minimum Gasteiger partial charge on any atom is -0.121 e. The second-order valence-corrected chi connectivity index (χ2v) is 3.94. The Labute approximate surface area is 90.6 Å². The van der Waals surface area contributed by atoms with Crippen molar-refractivity contribution >= 4 is 11.8 Å². The average Bonchev–Trinajstić information content (AvgIpc) is 2.16. The number of benzene rings is 1. The van der Waals surface area contributed by atoms with E-state index >= 15 is 0 Å². The largest absolute Gasteiger partial charge is 0.297 e.